The molecule has 0 saturated carbocycles. The van der Waals surface area contributed by atoms with Crippen LogP contribution in [0.4, 0.5) is 0 Å². The van der Waals surface area contributed by atoms with Gasteiger partial charge >= 0.3 is 5.97 Å². The number of imidazole rings is 1. The van der Waals surface area contributed by atoms with Crippen molar-refractivity contribution >= 4 is 32.9 Å². The maximum atomic E-state index is 11.5. The molecule has 3 aromatic rings. The van der Waals surface area contributed by atoms with Crippen LogP contribution in [0, 0.1) is 5.41 Å². The highest BCUT2D eigenvalue weighted by atomic mass is 79.9. The van der Waals surface area contributed by atoms with Crippen molar-refractivity contribution in [1.82, 2.24) is 9.55 Å². The number of hydrogen-bond donors (Lipinski definition) is 1. The fourth-order valence-electron chi connectivity index (χ4n) is 3.71. The lowest BCUT2D eigenvalue weighted by Gasteiger charge is -2.28. The normalized spacial score (nSPS) is 18.9. The number of carbonyl (C=O) groups is 1. The minimum Gasteiger partial charge on any atom is -0.478 e. The van der Waals surface area contributed by atoms with Gasteiger partial charge in [-0.05, 0) is 35.9 Å². The first-order valence-corrected chi connectivity index (χ1v) is 9.71. The molecule has 27 heavy (non-hydrogen) atoms. The van der Waals surface area contributed by atoms with Gasteiger partial charge in [-0.2, -0.15) is 0 Å². The van der Waals surface area contributed by atoms with Crippen LogP contribution in [-0.2, 0) is 11.2 Å². The molecule has 1 N–H and O–H groups in total. The summed E-state index contributed by atoms with van der Waals surface area (Å²) in [5.74, 6) is -0.000483. The Hall–Kier alpha value is -2.18. The van der Waals surface area contributed by atoms with Gasteiger partial charge in [0.15, 0.2) is 0 Å². The summed E-state index contributed by atoms with van der Waals surface area (Å²) in [7, 11) is 0. The van der Waals surface area contributed by atoms with Crippen molar-refractivity contribution in [1.29, 1.82) is 0 Å². The summed E-state index contributed by atoms with van der Waals surface area (Å²) < 4.78 is 9.00. The van der Waals surface area contributed by atoms with Crippen LogP contribution in [0.3, 0.4) is 0 Å². The minimum absolute atomic E-state index is 0.0542. The van der Waals surface area contributed by atoms with E-state index in [4.69, 9.17) is 9.72 Å². The monoisotopic (exact) mass is 428 g/mol. The Morgan fingerprint density at radius 3 is 2.67 bits per heavy atom. The zero-order valence-corrected chi connectivity index (χ0v) is 16.9. The lowest BCUT2D eigenvalue weighted by atomic mass is 9.87. The third-order valence-electron chi connectivity index (χ3n) is 5.25. The predicted molar refractivity (Wildman–Crippen MR) is 107 cm³/mol. The molecule has 0 spiro atoms. The number of benzene rings is 2. The lowest BCUT2D eigenvalue weighted by Crippen LogP contribution is -2.27. The largest absolute Gasteiger partial charge is 0.478 e. The molecule has 1 aliphatic heterocycles. The number of carboxylic acid groups (broad SMARTS) is 1. The summed E-state index contributed by atoms with van der Waals surface area (Å²) in [6.07, 6.45) is 0.678. The Bertz CT molecular complexity index is 1010. The molecule has 1 saturated heterocycles. The number of fused-ring (bicyclic) bond motifs is 1. The summed E-state index contributed by atoms with van der Waals surface area (Å²) in [5, 5.41) is 9.41. The Labute approximate surface area is 166 Å². The summed E-state index contributed by atoms with van der Waals surface area (Å²) in [6, 6.07) is 13.4. The molecule has 140 valence electrons. The van der Waals surface area contributed by atoms with Gasteiger partial charge in [-0.1, -0.05) is 41.9 Å². The van der Waals surface area contributed by atoms with Crippen LogP contribution in [0.2, 0.25) is 0 Å². The number of halogens is 1. The molecule has 1 atom stereocenters. The quantitative estimate of drug-likeness (QED) is 0.654. The molecule has 0 aliphatic carbocycles. The van der Waals surface area contributed by atoms with Gasteiger partial charge in [-0.25, -0.2) is 9.78 Å². The molecule has 1 aromatic heterocycles. The Morgan fingerprint density at radius 2 is 2.04 bits per heavy atom. The van der Waals surface area contributed by atoms with Crippen molar-refractivity contribution in [3.8, 4) is 0 Å². The van der Waals surface area contributed by atoms with E-state index in [0.717, 1.165) is 26.9 Å². The van der Waals surface area contributed by atoms with Crippen LogP contribution in [-0.4, -0.2) is 33.8 Å². The molecular formula is C21H21BrN2O3. The number of hydrogen-bond acceptors (Lipinski definition) is 3. The Morgan fingerprint density at radius 1 is 1.30 bits per heavy atom. The summed E-state index contributed by atoms with van der Waals surface area (Å²) in [4.78, 5) is 16.3. The first-order valence-electron chi connectivity index (χ1n) is 8.91. The molecule has 5 nitrogen and oxygen atoms in total. The van der Waals surface area contributed by atoms with Gasteiger partial charge in [0.25, 0.3) is 0 Å². The van der Waals surface area contributed by atoms with E-state index in [2.05, 4.69) is 46.5 Å². The van der Waals surface area contributed by atoms with E-state index in [0.29, 0.717) is 19.6 Å². The van der Waals surface area contributed by atoms with Crippen molar-refractivity contribution in [2.75, 3.05) is 13.2 Å². The van der Waals surface area contributed by atoms with E-state index >= 15 is 0 Å². The maximum absolute atomic E-state index is 11.5. The Kier molecular flexibility index (Phi) is 4.56. The third kappa shape index (κ3) is 3.39. The third-order valence-corrected chi connectivity index (χ3v) is 5.78. The number of aromatic carboxylic acids is 1. The molecule has 0 bridgehead atoms. The molecule has 4 rings (SSSR count). The van der Waals surface area contributed by atoms with E-state index in [1.165, 1.54) is 0 Å². The molecule has 0 amide bonds. The van der Waals surface area contributed by atoms with Gasteiger partial charge in [0, 0.05) is 16.3 Å². The van der Waals surface area contributed by atoms with E-state index in [9.17, 15) is 9.90 Å². The number of rotatable bonds is 4. The smallest absolute Gasteiger partial charge is 0.335 e. The van der Waals surface area contributed by atoms with Crippen LogP contribution < -0.4 is 0 Å². The zero-order valence-electron chi connectivity index (χ0n) is 15.3. The minimum atomic E-state index is -0.930. The lowest BCUT2D eigenvalue weighted by molar-refractivity contribution is 0.0697. The van der Waals surface area contributed by atoms with Gasteiger partial charge in [0.05, 0.1) is 35.9 Å². The summed E-state index contributed by atoms with van der Waals surface area (Å²) in [5.41, 5.74) is 3.04. The number of aromatic nitrogens is 2. The topological polar surface area (TPSA) is 64.4 Å². The zero-order chi connectivity index (χ0) is 19.2. The van der Waals surface area contributed by atoms with Gasteiger partial charge in [-0.15, -0.1) is 0 Å². The van der Waals surface area contributed by atoms with Gasteiger partial charge in [0.1, 0.15) is 5.82 Å². The van der Waals surface area contributed by atoms with Gasteiger partial charge < -0.3 is 14.4 Å². The molecular weight excluding hydrogens is 408 g/mol. The van der Waals surface area contributed by atoms with Crippen molar-refractivity contribution in [3.05, 3.63) is 63.9 Å². The van der Waals surface area contributed by atoms with E-state index in [1.807, 2.05) is 12.1 Å². The fourth-order valence-corrected chi connectivity index (χ4v) is 3.98. The number of ether oxygens (including phenoxy) is 1. The van der Waals surface area contributed by atoms with Crippen molar-refractivity contribution < 1.29 is 14.6 Å². The van der Waals surface area contributed by atoms with Crippen LogP contribution in [0.5, 0.6) is 0 Å². The van der Waals surface area contributed by atoms with Crippen molar-refractivity contribution in [2.45, 2.75) is 26.3 Å². The molecule has 6 heteroatoms. The average molecular weight is 429 g/mol. The van der Waals surface area contributed by atoms with Crippen molar-refractivity contribution in [3.63, 3.8) is 0 Å². The van der Waals surface area contributed by atoms with Crippen molar-refractivity contribution in [2.24, 2.45) is 5.41 Å². The van der Waals surface area contributed by atoms with E-state index < -0.39 is 5.97 Å². The van der Waals surface area contributed by atoms with Gasteiger partial charge in [0.2, 0.25) is 0 Å². The van der Waals surface area contributed by atoms with Crippen LogP contribution in [0.15, 0.2) is 46.9 Å². The molecule has 1 fully saturated rings. The second-order valence-corrected chi connectivity index (χ2v) is 8.65. The van der Waals surface area contributed by atoms with Crippen LogP contribution in [0.1, 0.15) is 41.6 Å². The van der Waals surface area contributed by atoms with Gasteiger partial charge in [-0.3, -0.25) is 0 Å². The van der Waals surface area contributed by atoms with E-state index in [1.54, 1.807) is 18.2 Å². The summed E-state index contributed by atoms with van der Waals surface area (Å²) in [6.45, 7) is 5.64. The number of carboxylic acids is 1. The second kappa shape index (κ2) is 6.77. The fraction of sp³-hybridized carbons (Fsp3) is 0.333. The predicted octanol–water partition coefficient (Wildman–Crippen LogP) is 4.69. The molecule has 2 heterocycles. The highest BCUT2D eigenvalue weighted by Crippen LogP contribution is 2.40. The SMILES string of the molecule is CC1(C)COC[C@H]1n1c(Cc2ccc(Br)cc2)nc2ccc(C(=O)O)cc21. The standard InChI is InChI=1S/C21H21BrN2O3/c1-21(2)12-27-11-18(21)24-17-10-14(20(25)26)5-8-16(17)23-19(24)9-13-3-6-15(22)7-4-13/h3-8,10,18H,9,11-12H2,1-2H3,(H,25,26)/t18-/m1/s1. The number of nitrogens with zero attached hydrogens (tertiary/aromatic N) is 2. The maximum Gasteiger partial charge on any atom is 0.335 e. The summed E-state index contributed by atoms with van der Waals surface area (Å²) >= 11 is 3.47. The molecule has 0 unspecified atom stereocenters. The van der Waals surface area contributed by atoms with E-state index in [-0.39, 0.29) is 17.0 Å². The molecule has 1 aliphatic rings. The first kappa shape index (κ1) is 18.2. The van der Waals surface area contributed by atoms with Crippen LogP contribution >= 0.6 is 15.9 Å². The second-order valence-electron chi connectivity index (χ2n) is 7.73. The molecule has 0 radical (unpaired) electrons. The first-order chi connectivity index (χ1) is 12.8. The highest BCUT2D eigenvalue weighted by molar-refractivity contribution is 9.10. The average Bonchev–Trinajstić information content (AvgIpc) is 3.14. The Balaban J connectivity index is 1.87. The molecule has 2 aromatic carbocycles. The highest BCUT2D eigenvalue weighted by Gasteiger charge is 2.39. The van der Waals surface area contributed by atoms with Crippen LogP contribution in [0.25, 0.3) is 11.0 Å².